The van der Waals surface area contributed by atoms with Crippen LogP contribution in [0.4, 0.5) is 0 Å². The second-order valence-corrected chi connectivity index (χ2v) is 5.79. The van der Waals surface area contributed by atoms with Crippen molar-refractivity contribution in [2.45, 2.75) is 13.8 Å². The van der Waals surface area contributed by atoms with Gasteiger partial charge in [0.15, 0.2) is 11.5 Å². The lowest BCUT2D eigenvalue weighted by molar-refractivity contribution is 0.354. The Morgan fingerprint density at radius 1 is 1.16 bits per heavy atom. The van der Waals surface area contributed by atoms with Gasteiger partial charge in [-0.25, -0.2) is 4.98 Å². The maximum atomic E-state index is 9.61. The number of nitriles is 1. The van der Waals surface area contributed by atoms with Gasteiger partial charge in [-0.1, -0.05) is 12.1 Å². The fourth-order valence-electron chi connectivity index (χ4n) is 2.73. The maximum absolute atomic E-state index is 9.61. The Balaban J connectivity index is 2.12. The molecule has 0 fully saturated rings. The molecule has 3 rings (SSSR count). The molecule has 0 spiro atoms. The number of hydrogen-bond donors (Lipinski definition) is 1. The van der Waals surface area contributed by atoms with Gasteiger partial charge in [-0.3, -0.25) is 0 Å². The van der Waals surface area contributed by atoms with Crippen LogP contribution in [0.2, 0.25) is 0 Å². The van der Waals surface area contributed by atoms with Crippen molar-refractivity contribution in [3.05, 3.63) is 52.8 Å². The third kappa shape index (κ3) is 3.07. The van der Waals surface area contributed by atoms with Gasteiger partial charge in [-0.15, -0.1) is 0 Å². The maximum Gasteiger partial charge on any atom is 0.167 e. The lowest BCUT2D eigenvalue weighted by atomic mass is 10.1. The van der Waals surface area contributed by atoms with E-state index in [1.165, 1.54) is 11.1 Å². The monoisotopic (exact) mass is 333 g/mol. The number of hydrogen-bond acceptors (Lipinski definition) is 4. The van der Waals surface area contributed by atoms with E-state index in [4.69, 9.17) is 9.47 Å². The Bertz CT molecular complexity index is 971. The van der Waals surface area contributed by atoms with Crippen LogP contribution < -0.4 is 9.47 Å². The number of nitrogens with one attached hydrogen (secondary N) is 1. The van der Waals surface area contributed by atoms with E-state index in [0.717, 1.165) is 16.6 Å². The van der Waals surface area contributed by atoms with E-state index in [9.17, 15) is 5.26 Å². The highest BCUT2D eigenvalue weighted by Gasteiger charge is 2.12. The Kier molecular flexibility index (Phi) is 4.44. The minimum absolute atomic E-state index is 0.429. The van der Waals surface area contributed by atoms with Gasteiger partial charge in [0.1, 0.15) is 11.9 Å². The van der Waals surface area contributed by atoms with E-state index in [1.807, 2.05) is 37.3 Å². The number of aromatic amines is 1. The number of ether oxygens (including phenoxy) is 2. The second kappa shape index (κ2) is 6.70. The molecule has 126 valence electrons. The van der Waals surface area contributed by atoms with Crippen molar-refractivity contribution < 1.29 is 9.47 Å². The quantitative estimate of drug-likeness (QED) is 0.724. The lowest BCUT2D eigenvalue weighted by Crippen LogP contribution is -1.93. The largest absolute Gasteiger partial charge is 0.493 e. The molecule has 0 bridgehead atoms. The van der Waals surface area contributed by atoms with E-state index in [2.05, 4.69) is 23.0 Å². The summed E-state index contributed by atoms with van der Waals surface area (Å²) in [4.78, 5) is 7.79. The molecule has 0 aliphatic carbocycles. The highest BCUT2D eigenvalue weighted by atomic mass is 16.5. The Hall–Kier alpha value is -3.26. The highest BCUT2D eigenvalue weighted by molar-refractivity contribution is 5.91. The van der Waals surface area contributed by atoms with E-state index in [1.54, 1.807) is 20.3 Å². The molecule has 5 nitrogen and oxygen atoms in total. The number of para-hydroxylation sites is 1. The first kappa shape index (κ1) is 16.6. The molecular weight excluding hydrogens is 314 g/mol. The molecule has 3 aromatic rings. The Morgan fingerprint density at radius 3 is 2.60 bits per heavy atom. The summed E-state index contributed by atoms with van der Waals surface area (Å²) in [7, 11) is 3.16. The molecule has 0 saturated carbocycles. The first-order valence-electron chi connectivity index (χ1n) is 7.87. The van der Waals surface area contributed by atoms with E-state index in [0.29, 0.717) is 22.9 Å². The van der Waals surface area contributed by atoms with Crippen molar-refractivity contribution in [3.63, 3.8) is 0 Å². The van der Waals surface area contributed by atoms with E-state index >= 15 is 0 Å². The molecule has 0 aliphatic heterocycles. The molecule has 25 heavy (non-hydrogen) atoms. The summed E-state index contributed by atoms with van der Waals surface area (Å²) < 4.78 is 10.7. The van der Waals surface area contributed by atoms with Crippen molar-refractivity contribution in [1.29, 1.82) is 5.26 Å². The molecule has 0 saturated heterocycles. The molecule has 0 aliphatic rings. The Morgan fingerprint density at radius 2 is 1.92 bits per heavy atom. The van der Waals surface area contributed by atoms with Crippen molar-refractivity contribution >= 4 is 22.7 Å². The van der Waals surface area contributed by atoms with Gasteiger partial charge >= 0.3 is 0 Å². The van der Waals surface area contributed by atoms with Crippen LogP contribution in [0.25, 0.3) is 22.7 Å². The van der Waals surface area contributed by atoms with Gasteiger partial charge in [0.2, 0.25) is 0 Å². The summed E-state index contributed by atoms with van der Waals surface area (Å²) in [5.41, 5.74) is 5.29. The number of rotatable bonds is 4. The third-order valence-corrected chi connectivity index (χ3v) is 4.21. The van der Waals surface area contributed by atoms with Gasteiger partial charge in [-0.05, 0) is 49.2 Å². The molecule has 0 radical (unpaired) electrons. The average molecular weight is 333 g/mol. The van der Waals surface area contributed by atoms with Crippen LogP contribution in [0.15, 0.2) is 30.3 Å². The fraction of sp³-hybridized carbons (Fsp3) is 0.200. The SMILES string of the molecule is COc1cccc(/C=C(/C#N)c2nc3cc(C)c(C)cc3[nH]2)c1OC. The summed E-state index contributed by atoms with van der Waals surface area (Å²) >= 11 is 0. The predicted octanol–water partition coefficient (Wildman–Crippen LogP) is 4.26. The molecule has 0 atom stereocenters. The zero-order valence-corrected chi connectivity index (χ0v) is 14.7. The first-order valence-corrected chi connectivity index (χ1v) is 7.87. The second-order valence-electron chi connectivity index (χ2n) is 5.79. The fourth-order valence-corrected chi connectivity index (χ4v) is 2.73. The number of nitrogens with zero attached hydrogens (tertiary/aromatic N) is 2. The highest BCUT2D eigenvalue weighted by Crippen LogP contribution is 2.33. The smallest absolute Gasteiger partial charge is 0.167 e. The normalized spacial score (nSPS) is 11.4. The van der Waals surface area contributed by atoms with Crippen molar-refractivity contribution in [2.24, 2.45) is 0 Å². The van der Waals surface area contributed by atoms with Crippen molar-refractivity contribution in [1.82, 2.24) is 9.97 Å². The summed E-state index contributed by atoms with van der Waals surface area (Å²) in [6, 6.07) is 11.8. The number of allylic oxidation sites excluding steroid dienone is 1. The standard InChI is InChI=1S/C20H19N3O2/c1-12-8-16-17(9-13(12)2)23-20(22-16)15(11-21)10-14-6-5-7-18(24-3)19(14)25-4/h5-10H,1-4H3,(H,22,23)/b15-10-. The predicted molar refractivity (Wildman–Crippen MR) is 98.6 cm³/mol. The Labute approximate surface area is 146 Å². The van der Waals surface area contributed by atoms with Gasteiger partial charge in [0.25, 0.3) is 0 Å². The van der Waals surface area contributed by atoms with Gasteiger partial charge in [0, 0.05) is 5.56 Å². The third-order valence-electron chi connectivity index (χ3n) is 4.21. The number of H-pyrrole nitrogens is 1. The number of fused-ring (bicyclic) bond motifs is 1. The molecule has 2 aromatic carbocycles. The summed E-state index contributed by atoms with van der Waals surface area (Å²) in [6.07, 6.45) is 1.75. The van der Waals surface area contributed by atoms with Crippen LogP contribution in [0.5, 0.6) is 11.5 Å². The number of methoxy groups -OCH3 is 2. The molecule has 1 N–H and O–H groups in total. The van der Waals surface area contributed by atoms with Gasteiger partial charge < -0.3 is 14.5 Å². The van der Waals surface area contributed by atoms with Crippen LogP contribution >= 0.6 is 0 Å². The zero-order valence-electron chi connectivity index (χ0n) is 14.7. The summed E-state index contributed by atoms with van der Waals surface area (Å²) in [5.74, 6) is 1.73. The lowest BCUT2D eigenvalue weighted by Gasteiger charge is -2.10. The number of aromatic nitrogens is 2. The number of aryl methyl sites for hydroxylation is 2. The molecule has 1 aromatic heterocycles. The van der Waals surface area contributed by atoms with E-state index < -0.39 is 0 Å². The van der Waals surface area contributed by atoms with E-state index in [-0.39, 0.29) is 0 Å². The molecule has 0 amide bonds. The van der Waals surface area contributed by atoms with Gasteiger partial charge in [0.05, 0.1) is 30.8 Å². The minimum atomic E-state index is 0.429. The van der Waals surface area contributed by atoms with Crippen molar-refractivity contribution in [3.8, 4) is 17.6 Å². The van der Waals surface area contributed by atoms with Crippen LogP contribution in [-0.4, -0.2) is 24.2 Å². The molecule has 1 heterocycles. The summed E-state index contributed by atoms with van der Waals surface area (Å²) in [5, 5.41) is 9.61. The average Bonchev–Trinajstić information content (AvgIpc) is 3.01. The molecule has 0 unspecified atom stereocenters. The number of imidazole rings is 1. The molecule has 5 heteroatoms. The van der Waals surface area contributed by atoms with Crippen molar-refractivity contribution in [2.75, 3.05) is 14.2 Å². The van der Waals surface area contributed by atoms with Crippen LogP contribution in [0, 0.1) is 25.2 Å². The molecular formula is C20H19N3O2. The number of benzene rings is 2. The minimum Gasteiger partial charge on any atom is -0.493 e. The summed E-state index contributed by atoms with van der Waals surface area (Å²) in [6.45, 7) is 4.10. The first-order chi connectivity index (χ1) is 12.1. The van der Waals surface area contributed by atoms with Crippen LogP contribution in [-0.2, 0) is 0 Å². The topological polar surface area (TPSA) is 70.9 Å². The van der Waals surface area contributed by atoms with Crippen LogP contribution in [0.1, 0.15) is 22.5 Å². The zero-order chi connectivity index (χ0) is 18.0. The van der Waals surface area contributed by atoms with Gasteiger partial charge in [-0.2, -0.15) is 5.26 Å². The van der Waals surface area contributed by atoms with Crippen LogP contribution in [0.3, 0.4) is 0 Å².